The molecule has 2 saturated heterocycles. The molecule has 0 bridgehead atoms. The van der Waals surface area contributed by atoms with Gasteiger partial charge in [0.05, 0.1) is 6.42 Å². The Hall–Kier alpha value is -2.62. The number of fused-ring (bicyclic) bond motifs is 1. The fourth-order valence-corrected chi connectivity index (χ4v) is 5.67. The van der Waals surface area contributed by atoms with Gasteiger partial charge in [-0.05, 0) is 48.4 Å². The van der Waals surface area contributed by atoms with Gasteiger partial charge >= 0.3 is 0 Å². The first kappa shape index (κ1) is 20.6. The van der Waals surface area contributed by atoms with E-state index in [0.717, 1.165) is 30.6 Å². The van der Waals surface area contributed by atoms with E-state index in [1.165, 1.54) is 0 Å². The van der Waals surface area contributed by atoms with Gasteiger partial charge in [-0.1, -0.05) is 25.5 Å². The number of tetrazole rings is 1. The number of amides is 2. The van der Waals surface area contributed by atoms with Gasteiger partial charge in [0.1, 0.15) is 17.5 Å². The van der Waals surface area contributed by atoms with E-state index in [-0.39, 0.29) is 34.4 Å². The molecule has 0 aliphatic carbocycles. The average Bonchev–Trinajstić information content (AvgIpc) is 3.32. The van der Waals surface area contributed by atoms with Gasteiger partial charge in [-0.15, -0.1) is 16.9 Å². The van der Waals surface area contributed by atoms with E-state index >= 15 is 0 Å². The number of carbonyl (C=O) groups excluding carboxylic acids is 2. The molecule has 2 fully saturated rings. The summed E-state index contributed by atoms with van der Waals surface area (Å²) >= 11 is 1.66. The molecule has 2 aliphatic heterocycles. The van der Waals surface area contributed by atoms with Crippen LogP contribution in [0.15, 0.2) is 24.3 Å². The Balaban J connectivity index is 1.34. The molecule has 10 heteroatoms. The summed E-state index contributed by atoms with van der Waals surface area (Å²) in [6, 6.07) is 7.11. The Bertz CT molecular complexity index is 900. The van der Waals surface area contributed by atoms with Crippen LogP contribution in [0.4, 0.5) is 5.69 Å². The number of thioether (sulfide) groups is 1. The van der Waals surface area contributed by atoms with Gasteiger partial charge < -0.3 is 15.5 Å². The zero-order valence-electron chi connectivity index (χ0n) is 17.4. The van der Waals surface area contributed by atoms with E-state index in [1.807, 2.05) is 24.3 Å². The van der Waals surface area contributed by atoms with Gasteiger partial charge in [-0.2, -0.15) is 0 Å². The highest BCUT2D eigenvalue weighted by Crippen LogP contribution is 2.56. The number of aromatic nitrogens is 4. The van der Waals surface area contributed by atoms with Crippen molar-refractivity contribution in [3.63, 3.8) is 0 Å². The Morgan fingerprint density at radius 2 is 2.07 bits per heavy atom. The van der Waals surface area contributed by atoms with Crippen molar-refractivity contribution in [1.29, 1.82) is 0 Å². The molecule has 2 amide bonds. The van der Waals surface area contributed by atoms with Crippen molar-refractivity contribution in [2.75, 3.05) is 11.9 Å². The van der Waals surface area contributed by atoms with Crippen LogP contribution in [-0.4, -0.2) is 60.0 Å². The van der Waals surface area contributed by atoms with Crippen molar-refractivity contribution in [2.45, 2.75) is 62.2 Å². The number of benzene rings is 1. The summed E-state index contributed by atoms with van der Waals surface area (Å²) in [5, 5.41) is 20.2. The highest BCUT2D eigenvalue weighted by atomic mass is 32.2. The number of carbonyl (C=O) groups is 2. The fraction of sp³-hybridized carbons (Fsp3) is 0.550. The van der Waals surface area contributed by atoms with Crippen LogP contribution < -0.4 is 10.6 Å². The molecule has 1 aromatic carbocycles. The molecule has 1 aromatic heterocycles. The molecule has 2 aromatic rings. The first-order chi connectivity index (χ1) is 14.4. The van der Waals surface area contributed by atoms with Crippen LogP contribution in [0.1, 0.15) is 51.0 Å². The number of unbranched alkanes of at least 4 members (excludes halogenated alkanes) is 1. The zero-order chi connectivity index (χ0) is 21.3. The van der Waals surface area contributed by atoms with E-state index in [1.54, 1.807) is 16.7 Å². The summed E-state index contributed by atoms with van der Waals surface area (Å²) < 4.78 is -0.262. The second kappa shape index (κ2) is 8.25. The van der Waals surface area contributed by atoms with Gasteiger partial charge in [-0.3, -0.25) is 9.59 Å². The van der Waals surface area contributed by atoms with Gasteiger partial charge in [0.15, 0.2) is 5.82 Å². The maximum atomic E-state index is 12.8. The number of rotatable bonds is 8. The van der Waals surface area contributed by atoms with E-state index in [4.69, 9.17) is 0 Å². The molecule has 4 rings (SSSR count). The minimum absolute atomic E-state index is 0.0942. The van der Waals surface area contributed by atoms with E-state index in [2.05, 4.69) is 52.0 Å². The van der Waals surface area contributed by atoms with E-state index in [9.17, 15) is 9.59 Å². The van der Waals surface area contributed by atoms with Crippen molar-refractivity contribution >= 4 is 29.3 Å². The lowest BCUT2D eigenvalue weighted by Crippen LogP contribution is -2.68. The zero-order valence-corrected chi connectivity index (χ0v) is 18.2. The minimum Gasteiger partial charge on any atom is -0.385 e. The summed E-state index contributed by atoms with van der Waals surface area (Å²) in [6.07, 6.45) is 2.52. The first-order valence-corrected chi connectivity index (χ1v) is 11.1. The summed E-state index contributed by atoms with van der Waals surface area (Å²) in [5.74, 6) is 0.326. The average molecular weight is 430 g/mol. The highest BCUT2D eigenvalue weighted by molar-refractivity contribution is 8.01. The van der Waals surface area contributed by atoms with Crippen LogP contribution in [0.25, 0.3) is 0 Å². The van der Waals surface area contributed by atoms with Crippen LogP contribution >= 0.6 is 11.8 Å². The van der Waals surface area contributed by atoms with Crippen molar-refractivity contribution in [2.24, 2.45) is 0 Å². The predicted octanol–water partition coefficient (Wildman–Crippen LogP) is 1.87. The molecule has 9 nitrogen and oxygen atoms in total. The third kappa shape index (κ3) is 3.88. The smallest absolute Gasteiger partial charge is 0.249 e. The predicted molar refractivity (Wildman–Crippen MR) is 115 cm³/mol. The lowest BCUT2D eigenvalue weighted by Gasteiger charge is -2.44. The molecule has 2 aliphatic rings. The van der Waals surface area contributed by atoms with Crippen LogP contribution in [0.2, 0.25) is 0 Å². The molecule has 0 spiro atoms. The summed E-state index contributed by atoms with van der Waals surface area (Å²) in [6.45, 7) is 7.22. The Morgan fingerprint density at radius 1 is 1.30 bits per heavy atom. The molecule has 3 atom stereocenters. The fourth-order valence-electron chi connectivity index (χ4n) is 4.03. The van der Waals surface area contributed by atoms with Crippen LogP contribution in [0.5, 0.6) is 0 Å². The third-order valence-corrected chi connectivity index (χ3v) is 7.13. The van der Waals surface area contributed by atoms with Crippen LogP contribution in [0, 0.1) is 0 Å². The summed E-state index contributed by atoms with van der Waals surface area (Å²) in [4.78, 5) is 27.1. The number of hydrogen-bond acceptors (Lipinski definition) is 7. The number of nitrogens with one attached hydrogen (secondary N) is 3. The van der Waals surface area contributed by atoms with Crippen LogP contribution in [-0.2, 0) is 16.0 Å². The van der Waals surface area contributed by atoms with Crippen molar-refractivity contribution in [3.8, 4) is 0 Å². The molecule has 3 N–H and O–H groups in total. The molecule has 3 heterocycles. The maximum Gasteiger partial charge on any atom is 0.249 e. The molecule has 0 radical (unpaired) electrons. The molecular weight excluding hydrogens is 402 g/mol. The number of nitrogens with zero attached hydrogens (tertiary/aromatic N) is 4. The quantitative estimate of drug-likeness (QED) is 0.433. The monoisotopic (exact) mass is 429 g/mol. The number of β-lactam (4-membered cyclic amide) rings is 1. The van der Waals surface area contributed by atoms with Gasteiger partial charge in [0.25, 0.3) is 0 Å². The van der Waals surface area contributed by atoms with Crippen molar-refractivity contribution in [3.05, 3.63) is 35.7 Å². The minimum atomic E-state index is -0.516. The summed E-state index contributed by atoms with van der Waals surface area (Å²) in [7, 11) is 0. The Morgan fingerprint density at radius 3 is 2.73 bits per heavy atom. The van der Waals surface area contributed by atoms with Crippen LogP contribution in [0.3, 0.4) is 0 Å². The molecule has 160 valence electrons. The Kier molecular flexibility index (Phi) is 5.68. The second-order valence-electron chi connectivity index (χ2n) is 8.25. The number of aromatic amines is 1. The second-order valence-corrected chi connectivity index (χ2v) is 10.0. The molecule has 2 unspecified atom stereocenters. The van der Waals surface area contributed by atoms with Gasteiger partial charge in [-0.25, -0.2) is 5.10 Å². The standard InChI is InChI=1S/C20H27N7O2S/c1-4-5-10-21-13-8-6-12(7-9-13)11-14(28)22-15-18(29)27-16(17-23-25-26-24-17)20(2,3)30-19(15)27/h6-9,15-16,19,21H,4-5,10-11H2,1-3H3,(H,22,28)(H,23,24,25,26)/t15?,16?,19-/m1/s1. The lowest BCUT2D eigenvalue weighted by molar-refractivity contribution is -0.151. The molecular formula is C20H27N7O2S. The normalized spacial score (nSPS) is 24.3. The van der Waals surface area contributed by atoms with Crippen molar-refractivity contribution < 1.29 is 9.59 Å². The third-order valence-electron chi connectivity index (χ3n) is 5.56. The number of anilines is 1. The van der Waals surface area contributed by atoms with Gasteiger partial charge in [0, 0.05) is 17.0 Å². The SMILES string of the molecule is CCCCNc1ccc(CC(=O)NC2C(=O)N3C(c4nnn[nH]4)C(C)(C)S[C@H]23)cc1. The molecule has 0 saturated carbocycles. The first-order valence-electron chi connectivity index (χ1n) is 10.3. The maximum absolute atomic E-state index is 12.8. The number of hydrogen-bond donors (Lipinski definition) is 3. The topological polar surface area (TPSA) is 116 Å². The lowest BCUT2D eigenvalue weighted by atomic mass is 9.95. The van der Waals surface area contributed by atoms with E-state index < -0.39 is 6.04 Å². The summed E-state index contributed by atoms with van der Waals surface area (Å²) in [5.41, 5.74) is 1.97. The Labute approximate surface area is 179 Å². The van der Waals surface area contributed by atoms with Crippen molar-refractivity contribution in [1.82, 2.24) is 30.8 Å². The van der Waals surface area contributed by atoms with Gasteiger partial charge in [0.2, 0.25) is 11.8 Å². The number of H-pyrrole nitrogens is 1. The van der Waals surface area contributed by atoms with E-state index in [0.29, 0.717) is 5.82 Å². The molecule has 30 heavy (non-hydrogen) atoms. The largest absolute Gasteiger partial charge is 0.385 e. The highest BCUT2D eigenvalue weighted by Gasteiger charge is 2.63.